The first-order valence-corrected chi connectivity index (χ1v) is 7.56. The van der Waals surface area contributed by atoms with E-state index in [1.807, 2.05) is 0 Å². The molecule has 0 aliphatic rings. The van der Waals surface area contributed by atoms with Crippen LogP contribution in [0, 0.1) is 0 Å². The largest absolute Gasteiger partial charge is 0.326 e. The van der Waals surface area contributed by atoms with Crippen LogP contribution >= 0.6 is 11.6 Å². The van der Waals surface area contributed by atoms with Crippen LogP contribution < -0.4 is 5.73 Å². The number of aromatic amines is 1. The fraction of sp³-hybridized carbons (Fsp3) is 0.273. The lowest BCUT2D eigenvalue weighted by atomic mass is 10.2. The van der Waals surface area contributed by atoms with Gasteiger partial charge in [-0.25, -0.2) is 13.4 Å². The molecule has 0 aliphatic heterocycles. The number of aromatic nitrogens is 3. The Kier molecular flexibility index (Phi) is 4.39. The molecule has 1 heterocycles. The maximum absolute atomic E-state index is 12.4. The summed E-state index contributed by atoms with van der Waals surface area (Å²) in [7, 11) is -2.18. The van der Waals surface area contributed by atoms with Crippen molar-refractivity contribution in [2.45, 2.75) is 18.0 Å². The van der Waals surface area contributed by atoms with Crippen molar-refractivity contribution in [3.05, 3.63) is 40.9 Å². The van der Waals surface area contributed by atoms with E-state index >= 15 is 0 Å². The summed E-state index contributed by atoms with van der Waals surface area (Å²) in [5.74, 6) is 0.459. The summed E-state index contributed by atoms with van der Waals surface area (Å²) < 4.78 is 25.9. The molecule has 0 atom stereocenters. The van der Waals surface area contributed by atoms with Crippen LogP contribution in [-0.4, -0.2) is 35.0 Å². The smallest absolute Gasteiger partial charge is 0.243 e. The highest BCUT2D eigenvalue weighted by Gasteiger charge is 2.22. The number of benzene rings is 1. The van der Waals surface area contributed by atoms with E-state index in [9.17, 15) is 8.42 Å². The number of hydrogen-bond acceptors (Lipinski definition) is 5. The molecule has 20 heavy (non-hydrogen) atoms. The van der Waals surface area contributed by atoms with Gasteiger partial charge in [-0.2, -0.15) is 9.40 Å². The van der Waals surface area contributed by atoms with Crippen molar-refractivity contribution in [1.29, 1.82) is 0 Å². The van der Waals surface area contributed by atoms with Gasteiger partial charge < -0.3 is 5.73 Å². The number of nitrogens with one attached hydrogen (secondary N) is 1. The minimum absolute atomic E-state index is 0.0958. The minimum atomic E-state index is -3.64. The zero-order chi connectivity index (χ0) is 14.8. The molecule has 0 spiro atoms. The molecule has 0 bridgehead atoms. The van der Waals surface area contributed by atoms with Gasteiger partial charge in [0, 0.05) is 18.6 Å². The predicted molar refractivity (Wildman–Crippen MR) is 74.4 cm³/mol. The summed E-state index contributed by atoms with van der Waals surface area (Å²) >= 11 is 5.99. The minimum Gasteiger partial charge on any atom is -0.326 e. The zero-order valence-corrected chi connectivity index (χ0v) is 12.3. The SMILES string of the molecule is CN(Cc1ncn[nH]1)S(=O)(=O)c1ccc(CN)c(Cl)c1. The van der Waals surface area contributed by atoms with E-state index in [1.54, 1.807) is 6.07 Å². The highest BCUT2D eigenvalue weighted by Crippen LogP contribution is 2.23. The summed E-state index contributed by atoms with van der Waals surface area (Å²) in [6.07, 6.45) is 1.32. The van der Waals surface area contributed by atoms with Gasteiger partial charge in [-0.15, -0.1) is 0 Å². The van der Waals surface area contributed by atoms with Gasteiger partial charge >= 0.3 is 0 Å². The molecule has 0 saturated heterocycles. The van der Waals surface area contributed by atoms with Gasteiger partial charge in [-0.1, -0.05) is 17.7 Å². The first-order chi connectivity index (χ1) is 9.45. The van der Waals surface area contributed by atoms with Crippen molar-refractivity contribution >= 4 is 21.6 Å². The molecule has 0 saturated carbocycles. The second-order valence-corrected chi connectivity index (χ2v) is 6.60. The number of H-pyrrole nitrogens is 1. The fourth-order valence-electron chi connectivity index (χ4n) is 1.64. The van der Waals surface area contributed by atoms with Crippen LogP contribution in [0.3, 0.4) is 0 Å². The molecule has 1 aromatic carbocycles. The van der Waals surface area contributed by atoms with Gasteiger partial charge in [0.25, 0.3) is 0 Å². The topological polar surface area (TPSA) is 105 Å². The van der Waals surface area contributed by atoms with Gasteiger partial charge in [-0.05, 0) is 17.7 Å². The van der Waals surface area contributed by atoms with E-state index in [4.69, 9.17) is 17.3 Å². The third kappa shape index (κ3) is 2.98. The molecule has 9 heteroatoms. The van der Waals surface area contributed by atoms with Gasteiger partial charge in [0.05, 0.1) is 11.4 Å². The zero-order valence-electron chi connectivity index (χ0n) is 10.7. The van der Waals surface area contributed by atoms with E-state index in [0.717, 1.165) is 0 Å². The van der Waals surface area contributed by atoms with Crippen LogP contribution in [0.4, 0.5) is 0 Å². The van der Waals surface area contributed by atoms with Crippen molar-refractivity contribution in [3.8, 4) is 0 Å². The average Bonchev–Trinajstić information content (AvgIpc) is 2.91. The molecule has 0 radical (unpaired) electrons. The van der Waals surface area contributed by atoms with Crippen LogP contribution in [0.1, 0.15) is 11.4 Å². The Bertz CT molecular complexity index is 687. The van der Waals surface area contributed by atoms with Crippen LogP contribution in [0.15, 0.2) is 29.4 Å². The Morgan fingerprint density at radius 2 is 2.20 bits per heavy atom. The van der Waals surface area contributed by atoms with Crippen molar-refractivity contribution < 1.29 is 8.42 Å². The molecule has 3 N–H and O–H groups in total. The molecule has 0 amide bonds. The third-order valence-corrected chi connectivity index (χ3v) is 4.94. The second kappa shape index (κ2) is 5.88. The number of halogens is 1. The van der Waals surface area contributed by atoms with Gasteiger partial charge in [0.2, 0.25) is 10.0 Å². The summed E-state index contributed by atoms with van der Waals surface area (Å²) in [5.41, 5.74) is 6.19. The summed E-state index contributed by atoms with van der Waals surface area (Å²) in [6.45, 7) is 0.353. The third-order valence-electron chi connectivity index (χ3n) is 2.79. The maximum Gasteiger partial charge on any atom is 0.243 e. The first-order valence-electron chi connectivity index (χ1n) is 5.74. The van der Waals surface area contributed by atoms with E-state index in [-0.39, 0.29) is 18.0 Å². The molecular weight excluding hydrogens is 302 g/mol. The summed E-state index contributed by atoms with van der Waals surface area (Å²) in [6, 6.07) is 4.49. The maximum atomic E-state index is 12.4. The van der Waals surface area contributed by atoms with Gasteiger partial charge in [0.15, 0.2) is 0 Å². The molecule has 0 fully saturated rings. The number of rotatable bonds is 5. The molecule has 2 aromatic rings. The Labute approximate surface area is 121 Å². The van der Waals surface area contributed by atoms with Crippen LogP contribution in [0.2, 0.25) is 5.02 Å². The molecule has 7 nitrogen and oxygen atoms in total. The Morgan fingerprint density at radius 1 is 1.45 bits per heavy atom. The van der Waals surface area contributed by atoms with Crippen LogP contribution in [0.25, 0.3) is 0 Å². The highest BCUT2D eigenvalue weighted by molar-refractivity contribution is 7.89. The predicted octanol–water partition coefficient (Wildman–Crippen LogP) is 0.738. The summed E-state index contributed by atoms with van der Waals surface area (Å²) in [4.78, 5) is 4.01. The van der Waals surface area contributed by atoms with Gasteiger partial charge in [-0.3, -0.25) is 5.10 Å². The van der Waals surface area contributed by atoms with Crippen LogP contribution in [-0.2, 0) is 23.1 Å². The second-order valence-electron chi connectivity index (χ2n) is 4.15. The Morgan fingerprint density at radius 3 is 2.75 bits per heavy atom. The molecule has 108 valence electrons. The van der Waals surface area contributed by atoms with Crippen molar-refractivity contribution in [2.75, 3.05) is 7.05 Å². The van der Waals surface area contributed by atoms with Crippen molar-refractivity contribution in [1.82, 2.24) is 19.5 Å². The average molecular weight is 316 g/mol. The Hall–Kier alpha value is -1.48. The quantitative estimate of drug-likeness (QED) is 0.846. The lowest BCUT2D eigenvalue weighted by molar-refractivity contribution is 0.457. The monoisotopic (exact) mass is 315 g/mol. The first kappa shape index (κ1) is 14.9. The number of nitrogens with zero attached hydrogens (tertiary/aromatic N) is 3. The highest BCUT2D eigenvalue weighted by atomic mass is 35.5. The van der Waals surface area contributed by atoms with Crippen LogP contribution in [0.5, 0.6) is 0 Å². The van der Waals surface area contributed by atoms with E-state index in [2.05, 4.69) is 15.2 Å². The number of hydrogen-bond donors (Lipinski definition) is 2. The molecule has 0 aliphatic carbocycles. The van der Waals surface area contributed by atoms with Crippen molar-refractivity contribution in [3.63, 3.8) is 0 Å². The van der Waals surface area contributed by atoms with E-state index < -0.39 is 10.0 Å². The van der Waals surface area contributed by atoms with E-state index in [0.29, 0.717) is 16.4 Å². The number of nitrogens with two attached hydrogens (primary N) is 1. The summed E-state index contributed by atoms with van der Waals surface area (Å²) in [5, 5.41) is 6.62. The fourth-order valence-corrected chi connectivity index (χ4v) is 3.12. The van der Waals surface area contributed by atoms with Gasteiger partial charge in [0.1, 0.15) is 12.2 Å². The normalized spacial score (nSPS) is 12.0. The Balaban J connectivity index is 2.27. The molecule has 2 rings (SSSR count). The lowest BCUT2D eigenvalue weighted by Gasteiger charge is -2.16. The van der Waals surface area contributed by atoms with E-state index in [1.165, 1.54) is 29.8 Å². The molecular formula is C11H14ClN5O2S. The lowest BCUT2D eigenvalue weighted by Crippen LogP contribution is -2.27. The van der Waals surface area contributed by atoms with Crippen molar-refractivity contribution in [2.24, 2.45) is 5.73 Å². The standard InChI is InChI=1S/C11H14ClN5O2S/c1-17(6-11-14-7-15-16-11)20(18,19)9-3-2-8(5-13)10(12)4-9/h2-4,7H,5-6,13H2,1H3,(H,14,15,16). The molecule has 0 unspecified atom stereocenters. The number of sulfonamides is 1. The molecule has 1 aromatic heterocycles.